The van der Waals surface area contributed by atoms with E-state index in [-0.39, 0.29) is 6.09 Å². The number of hydrogen-bond acceptors (Lipinski definition) is 4. The maximum atomic E-state index is 11.9. The van der Waals surface area contributed by atoms with Crippen LogP contribution in [-0.2, 0) is 4.74 Å². The Hall–Kier alpha value is -0.970. The number of carbonyl (C=O) groups excluding carboxylic acids is 1. The molecule has 0 bridgehead atoms. The molecule has 0 N–H and O–H groups in total. The van der Waals surface area contributed by atoms with Gasteiger partial charge in [0.15, 0.2) is 0 Å². The molecule has 1 rings (SSSR count). The molecule has 5 heteroatoms. The lowest BCUT2D eigenvalue weighted by atomic mass is 9.94. The lowest BCUT2D eigenvalue weighted by molar-refractivity contribution is 0.0194. The minimum absolute atomic E-state index is 0.232. The summed E-state index contributed by atoms with van der Waals surface area (Å²) in [6.07, 6.45) is 1.53. The van der Waals surface area contributed by atoms with E-state index in [4.69, 9.17) is 4.74 Å². The van der Waals surface area contributed by atoms with Crippen molar-refractivity contribution in [3.8, 4) is 0 Å². The van der Waals surface area contributed by atoms with E-state index in [9.17, 15) is 4.79 Å². The minimum Gasteiger partial charge on any atom is -0.444 e. The highest BCUT2D eigenvalue weighted by molar-refractivity contribution is 7.83. The van der Waals surface area contributed by atoms with Crippen LogP contribution in [0.2, 0.25) is 0 Å². The molecule has 4 nitrogen and oxygen atoms in total. The molecule has 0 atom stereocenters. The number of amides is 1. The van der Waals surface area contributed by atoms with Gasteiger partial charge in [-0.1, -0.05) is 0 Å². The first-order valence-electron chi connectivity index (χ1n) is 6.16. The third-order valence-electron chi connectivity index (χ3n) is 2.88. The van der Waals surface area contributed by atoms with Crippen LogP contribution in [-0.4, -0.2) is 36.4 Å². The van der Waals surface area contributed by atoms with Gasteiger partial charge in [0, 0.05) is 24.7 Å². The van der Waals surface area contributed by atoms with Crippen LogP contribution in [0.1, 0.15) is 33.6 Å². The molecule has 0 spiro atoms. The molecule has 0 aliphatic carbocycles. The number of nitrogens with zero attached hydrogens (tertiary/aromatic N) is 2. The first-order chi connectivity index (χ1) is 8.37. The van der Waals surface area contributed by atoms with Crippen molar-refractivity contribution in [3.63, 3.8) is 0 Å². The Morgan fingerprint density at radius 1 is 1.44 bits per heavy atom. The standard InChI is InChI=1S/C13H22N2O2S/c1-13(2,3)17-12(16)15-7-5-10(6-8-15)11(9-18)14-4/h9-10,18H,4-8H2,1-3H3/b11-9-. The van der Waals surface area contributed by atoms with Gasteiger partial charge in [0.25, 0.3) is 0 Å². The van der Waals surface area contributed by atoms with E-state index in [0.717, 1.165) is 18.5 Å². The molecule has 1 amide bonds. The van der Waals surface area contributed by atoms with Crippen molar-refractivity contribution in [2.45, 2.75) is 39.2 Å². The maximum Gasteiger partial charge on any atom is 0.410 e. The summed E-state index contributed by atoms with van der Waals surface area (Å²) < 4.78 is 5.35. The van der Waals surface area contributed by atoms with Crippen molar-refractivity contribution in [1.82, 2.24) is 4.90 Å². The Bertz CT molecular complexity index is 339. The van der Waals surface area contributed by atoms with Crippen LogP contribution < -0.4 is 0 Å². The largest absolute Gasteiger partial charge is 0.444 e. The molecule has 0 radical (unpaired) electrons. The topological polar surface area (TPSA) is 41.9 Å². The molecule has 18 heavy (non-hydrogen) atoms. The fourth-order valence-electron chi connectivity index (χ4n) is 1.96. The van der Waals surface area contributed by atoms with E-state index in [1.54, 1.807) is 10.3 Å². The highest BCUT2D eigenvalue weighted by Gasteiger charge is 2.27. The first kappa shape index (κ1) is 15.1. The molecular weight excluding hydrogens is 248 g/mol. The summed E-state index contributed by atoms with van der Waals surface area (Å²) in [6, 6.07) is 0. The summed E-state index contributed by atoms with van der Waals surface area (Å²) in [4.78, 5) is 17.6. The Morgan fingerprint density at radius 2 is 2.00 bits per heavy atom. The van der Waals surface area contributed by atoms with E-state index in [1.807, 2.05) is 20.8 Å². The Balaban J connectivity index is 2.49. The second kappa shape index (κ2) is 6.27. The average molecular weight is 270 g/mol. The third-order valence-corrected chi connectivity index (χ3v) is 3.14. The van der Waals surface area contributed by atoms with Gasteiger partial charge in [-0.15, -0.1) is 12.6 Å². The van der Waals surface area contributed by atoms with Crippen molar-refractivity contribution >= 4 is 25.4 Å². The van der Waals surface area contributed by atoms with Crippen LogP contribution in [0.3, 0.4) is 0 Å². The molecule has 1 aliphatic heterocycles. The second-order valence-corrected chi connectivity index (χ2v) is 5.71. The van der Waals surface area contributed by atoms with E-state index in [1.165, 1.54) is 0 Å². The normalized spacial score (nSPS) is 18.7. The zero-order valence-corrected chi connectivity index (χ0v) is 12.2. The predicted octanol–water partition coefficient (Wildman–Crippen LogP) is 3.11. The van der Waals surface area contributed by atoms with Crippen molar-refractivity contribution in [1.29, 1.82) is 0 Å². The second-order valence-electron chi connectivity index (χ2n) is 5.45. The summed E-state index contributed by atoms with van der Waals surface area (Å²) >= 11 is 4.12. The molecule has 0 aromatic carbocycles. The SMILES string of the molecule is C=N/C(=C\S)C1CCN(C(=O)OC(C)(C)C)CC1. The molecule has 1 heterocycles. The van der Waals surface area contributed by atoms with Gasteiger partial charge in [-0.3, -0.25) is 4.99 Å². The number of aliphatic imine (C=N–C) groups is 1. The summed E-state index contributed by atoms with van der Waals surface area (Å²) in [6.45, 7) is 10.6. The molecule has 0 aromatic rings. The highest BCUT2D eigenvalue weighted by atomic mass is 32.1. The van der Waals surface area contributed by atoms with Gasteiger partial charge in [-0.05, 0) is 45.7 Å². The lowest BCUT2D eigenvalue weighted by Crippen LogP contribution is -2.41. The minimum atomic E-state index is -0.438. The van der Waals surface area contributed by atoms with E-state index >= 15 is 0 Å². The van der Waals surface area contributed by atoms with Crippen LogP contribution in [0.5, 0.6) is 0 Å². The number of likely N-dealkylation sites (tertiary alicyclic amines) is 1. The summed E-state index contributed by atoms with van der Waals surface area (Å²) in [5, 5.41) is 1.70. The maximum absolute atomic E-state index is 11.9. The summed E-state index contributed by atoms with van der Waals surface area (Å²) in [5.41, 5.74) is 0.467. The molecule has 1 fully saturated rings. The number of hydrogen-bond donors (Lipinski definition) is 1. The van der Waals surface area contributed by atoms with Crippen LogP contribution in [0.4, 0.5) is 4.79 Å². The molecule has 1 aliphatic rings. The zero-order valence-electron chi connectivity index (χ0n) is 11.3. The number of ether oxygens (including phenoxy) is 1. The first-order valence-corrected chi connectivity index (χ1v) is 6.68. The van der Waals surface area contributed by atoms with Gasteiger partial charge < -0.3 is 9.64 Å². The highest BCUT2D eigenvalue weighted by Crippen LogP contribution is 2.26. The molecule has 0 aromatic heterocycles. The number of thiol groups is 1. The molecule has 0 unspecified atom stereocenters. The van der Waals surface area contributed by atoms with Gasteiger partial charge in [0.1, 0.15) is 5.60 Å². The molecule has 1 saturated heterocycles. The third kappa shape index (κ3) is 4.37. The Labute approximate surface area is 115 Å². The van der Waals surface area contributed by atoms with Gasteiger partial charge in [-0.25, -0.2) is 4.79 Å². The van der Waals surface area contributed by atoms with Gasteiger partial charge in [0.05, 0.1) is 0 Å². The van der Waals surface area contributed by atoms with Gasteiger partial charge in [0.2, 0.25) is 0 Å². The predicted molar refractivity (Wildman–Crippen MR) is 77.1 cm³/mol. The van der Waals surface area contributed by atoms with Crippen molar-refractivity contribution in [2.75, 3.05) is 13.1 Å². The number of rotatable bonds is 2. The summed E-state index contributed by atoms with van der Waals surface area (Å²) in [7, 11) is 0. The van der Waals surface area contributed by atoms with Crippen molar-refractivity contribution < 1.29 is 9.53 Å². The number of carbonyl (C=O) groups is 1. The van der Waals surface area contributed by atoms with Crippen LogP contribution >= 0.6 is 12.6 Å². The average Bonchev–Trinajstić information content (AvgIpc) is 2.29. The zero-order chi connectivity index (χ0) is 13.8. The number of piperidine rings is 1. The van der Waals surface area contributed by atoms with Crippen molar-refractivity contribution in [2.24, 2.45) is 10.9 Å². The molecule has 0 saturated carbocycles. The number of allylic oxidation sites excluding steroid dienone is 1. The van der Waals surface area contributed by atoms with E-state index in [2.05, 4.69) is 24.3 Å². The Kier molecular flexibility index (Phi) is 5.26. The molecular formula is C13H22N2O2S. The van der Waals surface area contributed by atoms with Crippen LogP contribution in [0.25, 0.3) is 0 Å². The van der Waals surface area contributed by atoms with Gasteiger partial charge >= 0.3 is 6.09 Å². The fraction of sp³-hybridized carbons (Fsp3) is 0.692. The van der Waals surface area contributed by atoms with Crippen LogP contribution in [0.15, 0.2) is 16.1 Å². The smallest absolute Gasteiger partial charge is 0.410 e. The Morgan fingerprint density at radius 3 is 2.39 bits per heavy atom. The summed E-state index contributed by atoms with van der Waals surface area (Å²) in [5.74, 6) is 0.346. The quantitative estimate of drug-likeness (QED) is 0.619. The van der Waals surface area contributed by atoms with E-state index < -0.39 is 5.60 Å². The molecule has 102 valence electrons. The van der Waals surface area contributed by atoms with Crippen molar-refractivity contribution in [3.05, 3.63) is 11.1 Å². The van der Waals surface area contributed by atoms with Crippen LogP contribution in [0, 0.1) is 5.92 Å². The lowest BCUT2D eigenvalue weighted by Gasteiger charge is -2.33. The van der Waals surface area contributed by atoms with Gasteiger partial charge in [-0.2, -0.15) is 0 Å². The van der Waals surface area contributed by atoms with E-state index in [0.29, 0.717) is 19.0 Å². The monoisotopic (exact) mass is 270 g/mol. The fourth-order valence-corrected chi connectivity index (χ4v) is 2.25.